The number of rotatable bonds is 5. The van der Waals surface area contributed by atoms with Crippen molar-refractivity contribution in [2.24, 2.45) is 23.7 Å². The van der Waals surface area contributed by atoms with Crippen LogP contribution < -0.4 is 10.1 Å². The Morgan fingerprint density at radius 2 is 1.88 bits per heavy atom. The number of ether oxygens (including phenoxy) is 1. The first-order chi connectivity index (χ1) is 12.6. The minimum absolute atomic E-state index is 0.138. The molecule has 1 aromatic carbocycles. The number of hydrogen-bond acceptors (Lipinski definition) is 5. The highest BCUT2D eigenvalue weighted by molar-refractivity contribution is 7.14. The molecule has 1 heterocycles. The number of carbonyl (C=O) groups excluding carboxylic acids is 1. The number of anilines is 1. The predicted octanol–water partition coefficient (Wildman–Crippen LogP) is 3.50. The number of aliphatic carboxylic acids is 1. The van der Waals surface area contributed by atoms with E-state index in [-0.39, 0.29) is 17.7 Å². The molecule has 0 spiro atoms. The Balaban J connectivity index is 1.48. The molecule has 2 aliphatic carbocycles. The molecular weight excluding hydrogens is 352 g/mol. The first-order valence-corrected chi connectivity index (χ1v) is 9.58. The number of aromatic nitrogens is 1. The number of thiazole rings is 1. The van der Waals surface area contributed by atoms with Gasteiger partial charge in [0.05, 0.1) is 24.6 Å². The zero-order chi connectivity index (χ0) is 18.3. The second-order valence-electron chi connectivity index (χ2n) is 6.98. The SMILES string of the molecule is COc1ccc(-c2csc(NC(=O)[C@@H]3[C@@H]4CC[C@@H](C4)[C@H]3C(=O)O)n2)cc1. The molecule has 2 N–H and O–H groups in total. The summed E-state index contributed by atoms with van der Waals surface area (Å²) in [6, 6.07) is 7.55. The van der Waals surface area contributed by atoms with Crippen molar-refractivity contribution < 1.29 is 19.4 Å². The molecule has 1 aromatic heterocycles. The Morgan fingerprint density at radius 3 is 2.54 bits per heavy atom. The van der Waals surface area contributed by atoms with Gasteiger partial charge in [0.15, 0.2) is 5.13 Å². The van der Waals surface area contributed by atoms with Gasteiger partial charge >= 0.3 is 5.97 Å². The van der Waals surface area contributed by atoms with Gasteiger partial charge < -0.3 is 15.2 Å². The number of hydrogen-bond donors (Lipinski definition) is 2. The summed E-state index contributed by atoms with van der Waals surface area (Å²) in [6.45, 7) is 0. The Bertz CT molecular complexity index is 832. The number of carboxylic acids is 1. The van der Waals surface area contributed by atoms with Crippen LogP contribution in [0.2, 0.25) is 0 Å². The van der Waals surface area contributed by atoms with Gasteiger partial charge in [-0.2, -0.15) is 0 Å². The fraction of sp³-hybridized carbons (Fsp3) is 0.421. The van der Waals surface area contributed by atoms with E-state index < -0.39 is 17.8 Å². The molecule has 0 saturated heterocycles. The molecule has 6 nitrogen and oxygen atoms in total. The van der Waals surface area contributed by atoms with Crippen molar-refractivity contribution in [3.8, 4) is 17.0 Å². The van der Waals surface area contributed by atoms with E-state index in [1.807, 2.05) is 29.6 Å². The van der Waals surface area contributed by atoms with E-state index in [0.29, 0.717) is 5.13 Å². The Kier molecular flexibility index (Phi) is 4.40. The third-order valence-corrected chi connectivity index (χ3v) is 6.38. The van der Waals surface area contributed by atoms with E-state index in [1.54, 1.807) is 7.11 Å². The van der Waals surface area contributed by atoms with Gasteiger partial charge in [0, 0.05) is 10.9 Å². The highest BCUT2D eigenvalue weighted by atomic mass is 32.1. The predicted molar refractivity (Wildman–Crippen MR) is 98.2 cm³/mol. The van der Waals surface area contributed by atoms with Crippen LogP contribution in [0.15, 0.2) is 29.6 Å². The normalized spacial score (nSPS) is 26.7. The number of nitrogens with one attached hydrogen (secondary N) is 1. The average Bonchev–Trinajstić information content (AvgIpc) is 3.37. The minimum atomic E-state index is -0.851. The molecule has 4 rings (SSSR count). The summed E-state index contributed by atoms with van der Waals surface area (Å²) in [6.07, 6.45) is 2.72. The van der Waals surface area contributed by atoms with Crippen LogP contribution in [0.25, 0.3) is 11.3 Å². The molecule has 2 bridgehead atoms. The van der Waals surface area contributed by atoms with Gasteiger partial charge in [-0.05, 0) is 55.4 Å². The van der Waals surface area contributed by atoms with Crippen molar-refractivity contribution >= 4 is 28.3 Å². The van der Waals surface area contributed by atoms with Crippen molar-refractivity contribution in [2.75, 3.05) is 12.4 Å². The molecule has 1 amide bonds. The maximum absolute atomic E-state index is 12.7. The van der Waals surface area contributed by atoms with E-state index in [1.165, 1.54) is 11.3 Å². The van der Waals surface area contributed by atoms with Crippen LogP contribution >= 0.6 is 11.3 Å². The van der Waals surface area contributed by atoms with Crippen molar-refractivity contribution in [3.05, 3.63) is 29.6 Å². The smallest absolute Gasteiger partial charge is 0.307 e. The van der Waals surface area contributed by atoms with Crippen molar-refractivity contribution in [2.45, 2.75) is 19.3 Å². The summed E-state index contributed by atoms with van der Waals surface area (Å²) in [5.41, 5.74) is 1.71. The molecule has 2 fully saturated rings. The lowest BCUT2D eigenvalue weighted by atomic mass is 9.79. The third-order valence-electron chi connectivity index (χ3n) is 5.62. The lowest BCUT2D eigenvalue weighted by Crippen LogP contribution is -2.37. The summed E-state index contributed by atoms with van der Waals surface area (Å²) in [5, 5.41) is 14.7. The second-order valence-corrected chi connectivity index (χ2v) is 7.84. The fourth-order valence-corrected chi connectivity index (χ4v) is 5.16. The lowest BCUT2D eigenvalue weighted by Gasteiger charge is -2.26. The number of fused-ring (bicyclic) bond motifs is 2. The van der Waals surface area contributed by atoms with Crippen molar-refractivity contribution in [1.29, 1.82) is 0 Å². The van der Waals surface area contributed by atoms with Gasteiger partial charge in [0.25, 0.3) is 0 Å². The van der Waals surface area contributed by atoms with Gasteiger partial charge in [-0.1, -0.05) is 0 Å². The standard InChI is InChI=1S/C19H20N2O4S/c1-25-13-6-4-10(5-7-13)14-9-26-19(20-14)21-17(22)15-11-2-3-12(8-11)16(15)18(23)24/h4-7,9,11-12,15-16H,2-3,8H2,1H3,(H,23,24)(H,20,21,22)/t11-,12+,15-,16-/m1/s1. The minimum Gasteiger partial charge on any atom is -0.497 e. The monoisotopic (exact) mass is 372 g/mol. The van der Waals surface area contributed by atoms with Gasteiger partial charge in [-0.25, -0.2) is 4.98 Å². The highest BCUT2D eigenvalue weighted by Gasteiger charge is 2.54. The lowest BCUT2D eigenvalue weighted by molar-refractivity contribution is -0.148. The van der Waals surface area contributed by atoms with Gasteiger partial charge in [-0.15, -0.1) is 11.3 Å². The zero-order valence-electron chi connectivity index (χ0n) is 14.3. The van der Waals surface area contributed by atoms with E-state index in [0.717, 1.165) is 36.3 Å². The molecular formula is C19H20N2O4S. The third kappa shape index (κ3) is 2.96. The molecule has 2 aromatic rings. The summed E-state index contributed by atoms with van der Waals surface area (Å²) < 4.78 is 5.15. The fourth-order valence-electron chi connectivity index (χ4n) is 4.44. The van der Waals surface area contributed by atoms with Crippen LogP contribution in [0.4, 0.5) is 5.13 Å². The average molecular weight is 372 g/mol. The van der Waals surface area contributed by atoms with E-state index in [4.69, 9.17) is 4.74 Å². The molecule has 4 atom stereocenters. The molecule has 2 aliphatic rings. The summed E-state index contributed by atoms with van der Waals surface area (Å²) in [4.78, 5) is 28.8. The Morgan fingerprint density at radius 1 is 1.19 bits per heavy atom. The molecule has 0 unspecified atom stereocenters. The quantitative estimate of drug-likeness (QED) is 0.838. The van der Waals surface area contributed by atoms with Gasteiger partial charge in [0.1, 0.15) is 5.75 Å². The second kappa shape index (κ2) is 6.72. The topological polar surface area (TPSA) is 88.5 Å². The van der Waals surface area contributed by atoms with E-state index in [9.17, 15) is 14.7 Å². The first-order valence-electron chi connectivity index (χ1n) is 8.70. The van der Waals surface area contributed by atoms with Gasteiger partial charge in [0.2, 0.25) is 5.91 Å². The number of methoxy groups -OCH3 is 1. The van der Waals surface area contributed by atoms with Crippen LogP contribution in [0, 0.1) is 23.7 Å². The van der Waals surface area contributed by atoms with Gasteiger partial charge in [-0.3, -0.25) is 9.59 Å². The maximum Gasteiger partial charge on any atom is 0.307 e. The molecule has 2 saturated carbocycles. The van der Waals surface area contributed by atoms with Crippen LogP contribution in [0.3, 0.4) is 0 Å². The zero-order valence-corrected chi connectivity index (χ0v) is 15.2. The largest absolute Gasteiger partial charge is 0.497 e. The van der Waals surface area contributed by atoms with Crippen LogP contribution in [-0.4, -0.2) is 29.1 Å². The number of benzene rings is 1. The van der Waals surface area contributed by atoms with E-state index >= 15 is 0 Å². The van der Waals surface area contributed by atoms with Crippen LogP contribution in [0.5, 0.6) is 5.75 Å². The molecule has 26 heavy (non-hydrogen) atoms. The van der Waals surface area contributed by atoms with Crippen LogP contribution in [0.1, 0.15) is 19.3 Å². The number of amides is 1. The number of nitrogens with zero attached hydrogens (tertiary/aromatic N) is 1. The van der Waals surface area contributed by atoms with Crippen molar-refractivity contribution in [3.63, 3.8) is 0 Å². The molecule has 0 aliphatic heterocycles. The maximum atomic E-state index is 12.7. The Hall–Kier alpha value is -2.41. The number of carbonyl (C=O) groups is 2. The molecule has 0 radical (unpaired) electrons. The summed E-state index contributed by atoms with van der Waals surface area (Å²) in [5.74, 6) is -0.972. The van der Waals surface area contributed by atoms with Crippen molar-refractivity contribution in [1.82, 2.24) is 4.98 Å². The molecule has 136 valence electrons. The van der Waals surface area contributed by atoms with Crippen LogP contribution in [-0.2, 0) is 9.59 Å². The van der Waals surface area contributed by atoms with E-state index in [2.05, 4.69) is 10.3 Å². The Labute approximate surface area is 155 Å². The summed E-state index contributed by atoms with van der Waals surface area (Å²) >= 11 is 1.35. The number of carboxylic acid groups (broad SMARTS) is 1. The molecule has 7 heteroatoms. The first kappa shape index (κ1) is 17.0. The summed E-state index contributed by atoms with van der Waals surface area (Å²) in [7, 11) is 1.62. The highest BCUT2D eigenvalue weighted by Crippen LogP contribution is 2.52.